The van der Waals surface area contributed by atoms with Gasteiger partial charge >= 0.3 is 0 Å². The number of carbonyl (C=O) groups excluding carboxylic acids is 1. The van der Waals surface area contributed by atoms with E-state index < -0.39 is 0 Å². The molecule has 104 valence electrons. The molecule has 3 heteroatoms. The lowest BCUT2D eigenvalue weighted by atomic mass is 10.1. The molecule has 3 nitrogen and oxygen atoms in total. The lowest BCUT2D eigenvalue weighted by molar-refractivity contribution is 0.0993. The van der Waals surface area contributed by atoms with Crippen molar-refractivity contribution in [2.45, 2.75) is 20.8 Å². The molecule has 0 unspecified atom stereocenters. The average molecular weight is 269 g/mol. The summed E-state index contributed by atoms with van der Waals surface area (Å²) in [4.78, 5) is 14.1. The van der Waals surface area contributed by atoms with Crippen LogP contribution >= 0.6 is 0 Å². The molecule has 0 aliphatic carbocycles. The van der Waals surface area contributed by atoms with Gasteiger partial charge in [-0.1, -0.05) is 17.7 Å². The van der Waals surface area contributed by atoms with Crippen molar-refractivity contribution in [3.05, 3.63) is 58.7 Å². The van der Waals surface area contributed by atoms with Gasteiger partial charge in [0, 0.05) is 18.3 Å². The van der Waals surface area contributed by atoms with Crippen LogP contribution in [-0.4, -0.2) is 18.1 Å². The van der Waals surface area contributed by atoms with E-state index in [2.05, 4.69) is 6.07 Å². The molecule has 0 fully saturated rings. The fourth-order valence-electron chi connectivity index (χ4n) is 2.27. The van der Waals surface area contributed by atoms with E-state index in [9.17, 15) is 9.90 Å². The Hall–Kier alpha value is -2.29. The zero-order valence-corrected chi connectivity index (χ0v) is 12.3. The predicted molar refractivity (Wildman–Crippen MR) is 81.5 cm³/mol. The number of aromatic hydroxyl groups is 1. The predicted octanol–water partition coefficient (Wildman–Crippen LogP) is 3.59. The third-order valence-corrected chi connectivity index (χ3v) is 3.46. The first-order valence-electron chi connectivity index (χ1n) is 6.55. The van der Waals surface area contributed by atoms with Crippen LogP contribution in [0.4, 0.5) is 5.69 Å². The number of hydrogen-bond donors (Lipinski definition) is 1. The Bertz CT molecular complexity index is 662. The number of phenolic OH excluding ortho intramolecular Hbond substituents is 1. The molecule has 0 spiro atoms. The standard InChI is InChI=1S/C17H19NO2/c1-11-5-7-15(12(2)9-11)18(4)17(20)14-6-8-16(19)13(3)10-14/h5-10,19H,1-4H3. The first-order chi connectivity index (χ1) is 9.40. The van der Waals surface area contributed by atoms with Crippen LogP contribution in [-0.2, 0) is 0 Å². The smallest absolute Gasteiger partial charge is 0.258 e. The summed E-state index contributed by atoms with van der Waals surface area (Å²) < 4.78 is 0. The summed E-state index contributed by atoms with van der Waals surface area (Å²) in [6.45, 7) is 5.80. The van der Waals surface area contributed by atoms with E-state index in [1.54, 1.807) is 37.1 Å². The van der Waals surface area contributed by atoms with Gasteiger partial charge in [-0.25, -0.2) is 0 Å². The van der Waals surface area contributed by atoms with Crippen molar-refractivity contribution in [3.63, 3.8) is 0 Å². The van der Waals surface area contributed by atoms with Gasteiger partial charge in [-0.2, -0.15) is 0 Å². The lowest BCUT2D eigenvalue weighted by Gasteiger charge is -2.20. The normalized spacial score (nSPS) is 10.4. The van der Waals surface area contributed by atoms with Gasteiger partial charge in [-0.3, -0.25) is 4.79 Å². The highest BCUT2D eigenvalue weighted by Gasteiger charge is 2.15. The second-order valence-corrected chi connectivity index (χ2v) is 5.16. The second kappa shape index (κ2) is 5.37. The van der Waals surface area contributed by atoms with Crippen LogP contribution in [0.25, 0.3) is 0 Å². The molecule has 0 saturated heterocycles. The van der Waals surface area contributed by atoms with Crippen molar-refractivity contribution < 1.29 is 9.90 Å². The molecule has 0 aliphatic rings. The maximum Gasteiger partial charge on any atom is 0.258 e. The summed E-state index contributed by atoms with van der Waals surface area (Å²) in [5, 5.41) is 9.53. The van der Waals surface area contributed by atoms with E-state index in [1.807, 2.05) is 26.0 Å². The number of hydrogen-bond acceptors (Lipinski definition) is 2. The minimum Gasteiger partial charge on any atom is -0.508 e. The van der Waals surface area contributed by atoms with Gasteiger partial charge in [0.05, 0.1) is 0 Å². The quantitative estimate of drug-likeness (QED) is 0.905. The average Bonchev–Trinajstić information content (AvgIpc) is 2.40. The number of amides is 1. The van der Waals surface area contributed by atoms with Gasteiger partial charge in [0.25, 0.3) is 5.91 Å². The van der Waals surface area contributed by atoms with Crippen LogP contribution in [0.2, 0.25) is 0 Å². The summed E-state index contributed by atoms with van der Waals surface area (Å²) in [5.41, 5.74) is 4.41. The van der Waals surface area contributed by atoms with Crippen molar-refractivity contribution in [2.75, 3.05) is 11.9 Å². The number of phenols is 1. The molecule has 0 bridgehead atoms. The van der Waals surface area contributed by atoms with E-state index in [1.165, 1.54) is 5.56 Å². The fourth-order valence-corrected chi connectivity index (χ4v) is 2.27. The zero-order valence-electron chi connectivity index (χ0n) is 12.3. The topological polar surface area (TPSA) is 40.5 Å². The molecule has 1 amide bonds. The molecule has 20 heavy (non-hydrogen) atoms. The Morgan fingerprint density at radius 2 is 1.70 bits per heavy atom. The molecule has 0 aromatic heterocycles. The number of rotatable bonds is 2. The maximum absolute atomic E-state index is 12.5. The van der Waals surface area contributed by atoms with Crippen LogP contribution in [0.5, 0.6) is 5.75 Å². The minimum atomic E-state index is -0.0833. The van der Waals surface area contributed by atoms with Gasteiger partial charge in [0.1, 0.15) is 5.75 Å². The summed E-state index contributed by atoms with van der Waals surface area (Å²) in [7, 11) is 1.77. The Morgan fingerprint density at radius 1 is 1.00 bits per heavy atom. The molecule has 2 rings (SSSR count). The Balaban J connectivity index is 2.34. The van der Waals surface area contributed by atoms with Crippen molar-refractivity contribution in [3.8, 4) is 5.75 Å². The van der Waals surface area contributed by atoms with Crippen molar-refractivity contribution >= 4 is 11.6 Å². The largest absolute Gasteiger partial charge is 0.508 e. The van der Waals surface area contributed by atoms with E-state index in [-0.39, 0.29) is 11.7 Å². The van der Waals surface area contributed by atoms with Crippen LogP contribution < -0.4 is 4.90 Å². The number of anilines is 1. The minimum absolute atomic E-state index is 0.0833. The van der Waals surface area contributed by atoms with Gasteiger partial charge in [0.15, 0.2) is 0 Å². The first kappa shape index (κ1) is 14.1. The molecule has 0 saturated carbocycles. The Morgan fingerprint density at radius 3 is 2.30 bits per heavy atom. The SMILES string of the molecule is Cc1ccc(N(C)C(=O)c2ccc(O)c(C)c2)c(C)c1. The highest BCUT2D eigenvalue weighted by Crippen LogP contribution is 2.23. The number of aryl methyl sites for hydroxylation is 3. The van der Waals surface area contributed by atoms with Crippen molar-refractivity contribution in [1.82, 2.24) is 0 Å². The van der Waals surface area contributed by atoms with Crippen LogP contribution in [0.15, 0.2) is 36.4 Å². The van der Waals surface area contributed by atoms with Gasteiger partial charge in [0.2, 0.25) is 0 Å². The van der Waals surface area contributed by atoms with Gasteiger partial charge in [-0.05, 0) is 56.2 Å². The summed E-state index contributed by atoms with van der Waals surface area (Å²) in [6, 6.07) is 10.9. The van der Waals surface area contributed by atoms with E-state index in [0.29, 0.717) is 11.1 Å². The number of benzene rings is 2. The maximum atomic E-state index is 12.5. The molecule has 0 aliphatic heterocycles. The third-order valence-electron chi connectivity index (χ3n) is 3.46. The van der Waals surface area contributed by atoms with Crippen molar-refractivity contribution in [1.29, 1.82) is 0 Å². The fraction of sp³-hybridized carbons (Fsp3) is 0.235. The third kappa shape index (κ3) is 2.67. The molecule has 2 aromatic carbocycles. The van der Waals surface area contributed by atoms with E-state index in [4.69, 9.17) is 0 Å². The Labute approximate surface area is 119 Å². The molecular weight excluding hydrogens is 250 g/mol. The van der Waals surface area contributed by atoms with Crippen LogP contribution in [0.3, 0.4) is 0 Å². The van der Waals surface area contributed by atoms with Crippen molar-refractivity contribution in [2.24, 2.45) is 0 Å². The number of nitrogens with zero attached hydrogens (tertiary/aromatic N) is 1. The summed E-state index contributed by atoms with van der Waals surface area (Å²) in [5.74, 6) is 0.121. The van der Waals surface area contributed by atoms with Gasteiger partial charge < -0.3 is 10.0 Å². The Kier molecular flexibility index (Phi) is 3.79. The summed E-state index contributed by atoms with van der Waals surface area (Å²) in [6.07, 6.45) is 0. The highest BCUT2D eigenvalue weighted by molar-refractivity contribution is 6.06. The molecular formula is C17H19NO2. The second-order valence-electron chi connectivity index (χ2n) is 5.16. The summed E-state index contributed by atoms with van der Waals surface area (Å²) >= 11 is 0. The zero-order chi connectivity index (χ0) is 14.9. The van der Waals surface area contributed by atoms with Crippen LogP contribution in [0.1, 0.15) is 27.0 Å². The molecule has 1 N–H and O–H groups in total. The van der Waals surface area contributed by atoms with E-state index >= 15 is 0 Å². The molecule has 0 heterocycles. The molecule has 0 radical (unpaired) electrons. The lowest BCUT2D eigenvalue weighted by Crippen LogP contribution is -2.26. The highest BCUT2D eigenvalue weighted by atomic mass is 16.3. The molecule has 0 atom stereocenters. The monoisotopic (exact) mass is 269 g/mol. The molecule has 2 aromatic rings. The number of carbonyl (C=O) groups is 1. The van der Waals surface area contributed by atoms with Gasteiger partial charge in [-0.15, -0.1) is 0 Å². The van der Waals surface area contributed by atoms with E-state index in [0.717, 1.165) is 11.3 Å². The first-order valence-corrected chi connectivity index (χ1v) is 6.55. The van der Waals surface area contributed by atoms with Crippen LogP contribution in [0, 0.1) is 20.8 Å².